The molecule has 0 atom stereocenters. The molecule has 1 saturated heterocycles. The van der Waals surface area contributed by atoms with Crippen molar-refractivity contribution in [2.24, 2.45) is 0 Å². The number of nitrogens with zero attached hydrogens (tertiary/aromatic N) is 4. The molecule has 0 unspecified atom stereocenters. The van der Waals surface area contributed by atoms with Gasteiger partial charge in [-0.1, -0.05) is 23.2 Å². The van der Waals surface area contributed by atoms with Gasteiger partial charge in [0.1, 0.15) is 0 Å². The lowest BCUT2D eigenvalue weighted by Crippen LogP contribution is -2.49. The Labute approximate surface area is 160 Å². The van der Waals surface area contributed by atoms with Gasteiger partial charge < -0.3 is 4.90 Å². The average Bonchev–Trinajstić information content (AvgIpc) is 2.64. The second-order valence-electron chi connectivity index (χ2n) is 5.57. The van der Waals surface area contributed by atoms with Crippen LogP contribution in [0.5, 0.6) is 0 Å². The second-order valence-corrected chi connectivity index (χ2v) is 8.32. The van der Waals surface area contributed by atoms with Crippen molar-refractivity contribution in [3.8, 4) is 0 Å². The van der Waals surface area contributed by atoms with Gasteiger partial charge in [0.2, 0.25) is 15.8 Å². The van der Waals surface area contributed by atoms with Crippen molar-refractivity contribution in [1.82, 2.24) is 9.29 Å². The molecule has 0 saturated carbocycles. The summed E-state index contributed by atoms with van der Waals surface area (Å²) in [5, 5.41) is 11.6. The molecule has 0 amide bonds. The lowest BCUT2D eigenvalue weighted by Gasteiger charge is -2.34. The molecule has 1 aromatic carbocycles. The normalized spacial score (nSPS) is 15.8. The number of hydrogen-bond acceptors (Lipinski definition) is 6. The standard InChI is InChI=1S/C15H14Cl2N4O4S/c16-12-4-3-11(10-13(12)17)26(24,25)20-8-6-19(7-9-20)15-14(21(22)23)2-1-5-18-15/h1-5,10H,6-9H2. The van der Waals surface area contributed by atoms with E-state index in [1.54, 1.807) is 4.90 Å². The maximum Gasteiger partial charge on any atom is 0.311 e. The minimum absolute atomic E-state index is 0.0594. The van der Waals surface area contributed by atoms with Gasteiger partial charge in [0.25, 0.3) is 0 Å². The molecular formula is C15H14Cl2N4O4S. The summed E-state index contributed by atoms with van der Waals surface area (Å²) >= 11 is 11.7. The highest BCUT2D eigenvalue weighted by atomic mass is 35.5. The van der Waals surface area contributed by atoms with Crippen molar-refractivity contribution in [1.29, 1.82) is 0 Å². The third-order valence-corrected chi connectivity index (χ3v) is 6.66. The molecule has 1 fully saturated rings. The predicted molar refractivity (Wildman–Crippen MR) is 98.3 cm³/mol. The average molecular weight is 417 g/mol. The van der Waals surface area contributed by atoms with Gasteiger partial charge in [0.05, 0.1) is 19.9 Å². The quantitative estimate of drug-likeness (QED) is 0.561. The summed E-state index contributed by atoms with van der Waals surface area (Å²) in [5.41, 5.74) is -0.103. The van der Waals surface area contributed by atoms with Crippen molar-refractivity contribution in [3.05, 3.63) is 56.7 Å². The minimum atomic E-state index is -3.72. The first kappa shape index (κ1) is 18.8. The molecule has 26 heavy (non-hydrogen) atoms. The van der Waals surface area contributed by atoms with Gasteiger partial charge >= 0.3 is 5.69 Å². The van der Waals surface area contributed by atoms with E-state index in [0.717, 1.165) is 0 Å². The Morgan fingerprint density at radius 3 is 2.38 bits per heavy atom. The Hall–Kier alpha value is -1.94. The molecule has 0 radical (unpaired) electrons. The molecule has 3 rings (SSSR count). The maximum atomic E-state index is 12.8. The summed E-state index contributed by atoms with van der Waals surface area (Å²) < 4.78 is 26.8. The summed E-state index contributed by atoms with van der Waals surface area (Å²) in [6.07, 6.45) is 1.47. The number of sulfonamides is 1. The number of anilines is 1. The Morgan fingerprint density at radius 1 is 1.08 bits per heavy atom. The molecule has 8 nitrogen and oxygen atoms in total. The first-order valence-electron chi connectivity index (χ1n) is 7.60. The first-order chi connectivity index (χ1) is 12.3. The summed E-state index contributed by atoms with van der Waals surface area (Å²) in [5.74, 6) is 0.240. The summed E-state index contributed by atoms with van der Waals surface area (Å²) in [4.78, 5) is 16.5. The highest BCUT2D eigenvalue weighted by Gasteiger charge is 2.31. The number of piperazine rings is 1. The van der Waals surface area contributed by atoms with Crippen LogP contribution in [0, 0.1) is 10.1 Å². The summed E-state index contributed by atoms with van der Waals surface area (Å²) in [6.45, 7) is 0.934. The van der Waals surface area contributed by atoms with Gasteiger partial charge in [0, 0.05) is 38.4 Å². The lowest BCUT2D eigenvalue weighted by atomic mass is 10.3. The van der Waals surface area contributed by atoms with E-state index in [2.05, 4.69) is 4.98 Å². The van der Waals surface area contributed by atoms with E-state index in [9.17, 15) is 18.5 Å². The molecule has 0 aliphatic carbocycles. The van der Waals surface area contributed by atoms with Crippen molar-refractivity contribution >= 4 is 44.7 Å². The number of nitro groups is 1. The molecule has 0 N–H and O–H groups in total. The monoisotopic (exact) mass is 416 g/mol. The molecule has 0 spiro atoms. The zero-order valence-corrected chi connectivity index (χ0v) is 15.7. The van der Waals surface area contributed by atoms with Crippen LogP contribution in [0.2, 0.25) is 10.0 Å². The number of aromatic nitrogens is 1. The molecule has 2 heterocycles. The van der Waals surface area contributed by atoms with Crippen LogP contribution < -0.4 is 4.90 Å². The van der Waals surface area contributed by atoms with Gasteiger partial charge in [-0.25, -0.2) is 13.4 Å². The van der Waals surface area contributed by atoms with Gasteiger partial charge in [-0.05, 0) is 24.3 Å². The molecule has 0 bridgehead atoms. The molecule has 1 aliphatic heterocycles. The number of benzene rings is 1. The fourth-order valence-electron chi connectivity index (χ4n) is 2.70. The predicted octanol–water partition coefficient (Wildman–Crippen LogP) is 2.81. The van der Waals surface area contributed by atoms with Crippen LogP contribution in [0.25, 0.3) is 0 Å². The Morgan fingerprint density at radius 2 is 1.77 bits per heavy atom. The molecule has 138 valence electrons. The largest absolute Gasteiger partial charge is 0.348 e. The maximum absolute atomic E-state index is 12.8. The number of pyridine rings is 1. The SMILES string of the molecule is O=[N+]([O-])c1cccnc1N1CCN(S(=O)(=O)c2ccc(Cl)c(Cl)c2)CC1. The highest BCUT2D eigenvalue weighted by Crippen LogP contribution is 2.29. The van der Waals surface area contributed by atoms with Crippen LogP contribution in [-0.4, -0.2) is 48.8 Å². The fourth-order valence-corrected chi connectivity index (χ4v) is 4.51. The molecule has 2 aromatic rings. The van der Waals surface area contributed by atoms with E-state index >= 15 is 0 Å². The Balaban J connectivity index is 1.78. The van der Waals surface area contributed by atoms with E-state index in [0.29, 0.717) is 13.1 Å². The molecular weight excluding hydrogens is 403 g/mol. The molecule has 1 aromatic heterocycles. The third kappa shape index (κ3) is 3.61. The first-order valence-corrected chi connectivity index (χ1v) is 9.80. The zero-order valence-electron chi connectivity index (χ0n) is 13.4. The number of hydrogen-bond donors (Lipinski definition) is 0. The van der Waals surface area contributed by atoms with Crippen LogP contribution in [0.4, 0.5) is 11.5 Å². The number of rotatable bonds is 4. The Kier molecular flexibility index (Phi) is 5.33. The van der Waals surface area contributed by atoms with Gasteiger partial charge in [-0.3, -0.25) is 10.1 Å². The fraction of sp³-hybridized carbons (Fsp3) is 0.267. The van der Waals surface area contributed by atoms with Crippen molar-refractivity contribution in [2.45, 2.75) is 4.90 Å². The number of halogens is 2. The Bertz CT molecular complexity index is 946. The van der Waals surface area contributed by atoms with E-state index in [1.807, 2.05) is 0 Å². The highest BCUT2D eigenvalue weighted by molar-refractivity contribution is 7.89. The van der Waals surface area contributed by atoms with Crippen LogP contribution in [-0.2, 0) is 10.0 Å². The summed E-state index contributed by atoms with van der Waals surface area (Å²) in [6, 6.07) is 7.02. The van der Waals surface area contributed by atoms with Gasteiger partial charge in [0.15, 0.2) is 0 Å². The third-order valence-electron chi connectivity index (χ3n) is 4.03. The topological polar surface area (TPSA) is 96.7 Å². The lowest BCUT2D eigenvalue weighted by molar-refractivity contribution is -0.384. The van der Waals surface area contributed by atoms with E-state index in [4.69, 9.17) is 23.2 Å². The van der Waals surface area contributed by atoms with Crippen molar-refractivity contribution in [3.63, 3.8) is 0 Å². The van der Waals surface area contributed by atoms with Gasteiger partial charge in [-0.2, -0.15) is 4.31 Å². The van der Waals surface area contributed by atoms with Crippen LogP contribution in [0.15, 0.2) is 41.4 Å². The summed E-state index contributed by atoms with van der Waals surface area (Å²) in [7, 11) is -3.72. The van der Waals surface area contributed by atoms with Gasteiger partial charge in [-0.15, -0.1) is 0 Å². The molecule has 11 heteroatoms. The van der Waals surface area contributed by atoms with Crippen molar-refractivity contribution in [2.75, 3.05) is 31.1 Å². The second kappa shape index (κ2) is 7.36. The van der Waals surface area contributed by atoms with E-state index < -0.39 is 14.9 Å². The van der Waals surface area contributed by atoms with E-state index in [1.165, 1.54) is 40.8 Å². The zero-order chi connectivity index (χ0) is 18.9. The molecule has 1 aliphatic rings. The van der Waals surface area contributed by atoms with Crippen LogP contribution in [0.3, 0.4) is 0 Å². The smallest absolute Gasteiger partial charge is 0.311 e. The van der Waals surface area contributed by atoms with Crippen molar-refractivity contribution < 1.29 is 13.3 Å². The minimum Gasteiger partial charge on any atom is -0.348 e. The van der Waals surface area contributed by atoms with Crippen LogP contribution >= 0.6 is 23.2 Å². The van der Waals surface area contributed by atoms with E-state index in [-0.39, 0.29) is 39.5 Å². The van der Waals surface area contributed by atoms with Crippen LogP contribution in [0.1, 0.15) is 0 Å².